The molecule has 2 N–H and O–H groups in total. The standard InChI is InChI=1S/C24H22ClN3O2/c1-14-2-8-17(9-3-14)28-18-10-12-26-23(29)21(18)20(15-4-6-16(25)7-5-15)22-19(28)11-13-27-24(22)30/h2-9,20H,10-13H2,1H3,(H,26,29)(H,27,30). The number of nitrogens with one attached hydrogen (secondary N) is 2. The summed E-state index contributed by atoms with van der Waals surface area (Å²) in [6.45, 7) is 3.22. The van der Waals surface area contributed by atoms with Crippen molar-refractivity contribution in [2.45, 2.75) is 25.7 Å². The maximum atomic E-state index is 13.1. The molecule has 0 unspecified atom stereocenters. The summed E-state index contributed by atoms with van der Waals surface area (Å²) in [6.07, 6.45) is 1.44. The molecule has 0 fully saturated rings. The minimum Gasteiger partial charge on any atom is -0.352 e. The smallest absolute Gasteiger partial charge is 0.249 e. The lowest BCUT2D eigenvalue weighted by Gasteiger charge is -2.44. The number of amides is 2. The van der Waals surface area contributed by atoms with E-state index in [1.165, 1.54) is 5.56 Å². The van der Waals surface area contributed by atoms with Gasteiger partial charge in [0.2, 0.25) is 11.8 Å². The summed E-state index contributed by atoms with van der Waals surface area (Å²) in [5, 5.41) is 6.59. The molecule has 3 heterocycles. The normalized spacial score (nSPS) is 19.3. The number of aryl methyl sites for hydroxylation is 1. The third-order valence-electron chi connectivity index (χ3n) is 6.02. The van der Waals surface area contributed by atoms with Crippen molar-refractivity contribution in [3.05, 3.63) is 87.2 Å². The van der Waals surface area contributed by atoms with Crippen molar-refractivity contribution in [1.29, 1.82) is 0 Å². The Morgan fingerprint density at radius 2 is 1.37 bits per heavy atom. The Morgan fingerprint density at radius 1 is 0.833 bits per heavy atom. The zero-order chi connectivity index (χ0) is 20.8. The summed E-state index contributed by atoms with van der Waals surface area (Å²) < 4.78 is 0. The lowest BCUT2D eigenvalue weighted by atomic mass is 9.76. The van der Waals surface area contributed by atoms with E-state index in [0.29, 0.717) is 29.3 Å². The van der Waals surface area contributed by atoms with Crippen LogP contribution in [0.2, 0.25) is 5.02 Å². The van der Waals surface area contributed by atoms with Crippen LogP contribution in [0.4, 0.5) is 5.69 Å². The number of halogens is 1. The van der Waals surface area contributed by atoms with Crippen molar-refractivity contribution in [2.75, 3.05) is 18.0 Å². The first-order valence-corrected chi connectivity index (χ1v) is 10.6. The monoisotopic (exact) mass is 419 g/mol. The fraction of sp³-hybridized carbons (Fsp3) is 0.250. The average molecular weight is 420 g/mol. The van der Waals surface area contributed by atoms with E-state index in [9.17, 15) is 9.59 Å². The Bertz CT molecular complexity index is 1060. The van der Waals surface area contributed by atoms with Gasteiger partial charge in [-0.3, -0.25) is 9.59 Å². The predicted molar refractivity (Wildman–Crippen MR) is 117 cm³/mol. The summed E-state index contributed by atoms with van der Waals surface area (Å²) in [6, 6.07) is 15.7. The molecular formula is C24H22ClN3O2. The number of carbonyl (C=O) groups excluding carboxylic acids is 2. The second-order valence-corrected chi connectivity index (χ2v) is 8.32. The van der Waals surface area contributed by atoms with Gasteiger partial charge in [-0.1, -0.05) is 41.4 Å². The van der Waals surface area contributed by atoms with Gasteiger partial charge in [-0.15, -0.1) is 0 Å². The van der Waals surface area contributed by atoms with Crippen molar-refractivity contribution < 1.29 is 9.59 Å². The van der Waals surface area contributed by atoms with Crippen LogP contribution in [0.1, 0.15) is 29.9 Å². The van der Waals surface area contributed by atoms with E-state index in [4.69, 9.17) is 11.6 Å². The van der Waals surface area contributed by atoms with Crippen molar-refractivity contribution >= 4 is 29.1 Å². The maximum Gasteiger partial charge on any atom is 0.249 e. The van der Waals surface area contributed by atoms with E-state index >= 15 is 0 Å². The minimum absolute atomic E-state index is 0.113. The van der Waals surface area contributed by atoms with Gasteiger partial charge in [-0.2, -0.15) is 0 Å². The highest BCUT2D eigenvalue weighted by Gasteiger charge is 2.44. The third kappa shape index (κ3) is 3.01. The Kier molecular flexibility index (Phi) is 4.63. The minimum atomic E-state index is -0.408. The van der Waals surface area contributed by atoms with E-state index in [-0.39, 0.29) is 11.8 Å². The van der Waals surface area contributed by atoms with Crippen LogP contribution < -0.4 is 15.5 Å². The van der Waals surface area contributed by atoms with E-state index in [0.717, 1.165) is 35.5 Å². The van der Waals surface area contributed by atoms with Crippen molar-refractivity contribution in [3.8, 4) is 0 Å². The second kappa shape index (κ2) is 7.33. The number of hydrogen-bond donors (Lipinski definition) is 2. The lowest BCUT2D eigenvalue weighted by Crippen LogP contribution is -2.47. The molecule has 0 aliphatic carbocycles. The van der Waals surface area contributed by atoms with Gasteiger partial charge in [-0.05, 0) is 36.8 Å². The molecule has 2 aromatic carbocycles. The van der Waals surface area contributed by atoms with Crippen LogP contribution in [0, 0.1) is 6.92 Å². The van der Waals surface area contributed by atoms with Gasteiger partial charge in [0.05, 0.1) is 0 Å². The van der Waals surface area contributed by atoms with Gasteiger partial charge in [0.15, 0.2) is 0 Å². The molecule has 0 atom stereocenters. The molecule has 2 amide bonds. The highest BCUT2D eigenvalue weighted by atomic mass is 35.5. The average Bonchev–Trinajstić information content (AvgIpc) is 2.74. The summed E-state index contributed by atoms with van der Waals surface area (Å²) in [4.78, 5) is 28.4. The van der Waals surface area contributed by atoms with Crippen LogP contribution in [0.5, 0.6) is 0 Å². The number of carbonyl (C=O) groups is 2. The van der Waals surface area contributed by atoms with Crippen LogP contribution in [-0.2, 0) is 9.59 Å². The Morgan fingerprint density at radius 3 is 1.90 bits per heavy atom. The molecule has 5 rings (SSSR count). The van der Waals surface area contributed by atoms with Gasteiger partial charge in [0.1, 0.15) is 0 Å². The first kappa shape index (κ1) is 18.9. The van der Waals surface area contributed by atoms with Gasteiger partial charge < -0.3 is 15.5 Å². The number of nitrogens with zero attached hydrogens (tertiary/aromatic N) is 1. The Balaban J connectivity index is 1.77. The molecule has 5 nitrogen and oxygen atoms in total. The summed E-state index contributed by atoms with van der Waals surface area (Å²) >= 11 is 6.11. The quantitative estimate of drug-likeness (QED) is 0.778. The highest BCUT2D eigenvalue weighted by Crippen LogP contribution is 2.47. The molecule has 152 valence electrons. The number of anilines is 1. The molecule has 3 aliphatic heterocycles. The summed E-state index contributed by atoms with van der Waals surface area (Å²) in [7, 11) is 0. The molecule has 30 heavy (non-hydrogen) atoms. The topological polar surface area (TPSA) is 61.4 Å². The van der Waals surface area contributed by atoms with Gasteiger partial charge in [0.25, 0.3) is 0 Å². The zero-order valence-electron chi connectivity index (χ0n) is 16.7. The fourth-order valence-electron chi connectivity index (χ4n) is 4.67. The molecule has 0 aromatic heterocycles. The first-order valence-electron chi connectivity index (χ1n) is 10.2. The Labute approximate surface area is 180 Å². The number of hydrogen-bond acceptors (Lipinski definition) is 3. The third-order valence-corrected chi connectivity index (χ3v) is 6.27. The molecule has 0 saturated heterocycles. The van der Waals surface area contributed by atoms with Crippen molar-refractivity contribution in [1.82, 2.24) is 10.6 Å². The van der Waals surface area contributed by atoms with E-state index < -0.39 is 5.92 Å². The van der Waals surface area contributed by atoms with Crippen LogP contribution in [0.25, 0.3) is 0 Å². The molecular weight excluding hydrogens is 398 g/mol. The first-order chi connectivity index (χ1) is 14.5. The molecule has 0 saturated carbocycles. The number of rotatable bonds is 2. The Hall–Kier alpha value is -3.05. The van der Waals surface area contributed by atoms with Gasteiger partial charge >= 0.3 is 0 Å². The molecule has 6 heteroatoms. The highest BCUT2D eigenvalue weighted by molar-refractivity contribution is 6.30. The SMILES string of the molecule is Cc1ccc(N2C3=C(C(=O)NCC3)C(c3ccc(Cl)cc3)C3=C2CCNC3=O)cc1. The predicted octanol–water partition coefficient (Wildman–Crippen LogP) is 3.80. The lowest BCUT2D eigenvalue weighted by molar-refractivity contribution is -0.118. The molecule has 2 aromatic rings. The van der Waals surface area contributed by atoms with E-state index in [1.807, 2.05) is 31.2 Å². The van der Waals surface area contributed by atoms with Gasteiger partial charge in [0, 0.05) is 65.1 Å². The molecule has 0 radical (unpaired) electrons. The summed E-state index contributed by atoms with van der Waals surface area (Å²) in [5.41, 5.74) is 6.32. The van der Waals surface area contributed by atoms with Gasteiger partial charge in [-0.25, -0.2) is 0 Å². The van der Waals surface area contributed by atoms with E-state index in [1.54, 1.807) is 0 Å². The van der Waals surface area contributed by atoms with Crippen molar-refractivity contribution in [3.63, 3.8) is 0 Å². The van der Waals surface area contributed by atoms with Crippen LogP contribution in [-0.4, -0.2) is 24.9 Å². The van der Waals surface area contributed by atoms with E-state index in [2.05, 4.69) is 39.8 Å². The zero-order valence-corrected chi connectivity index (χ0v) is 17.4. The van der Waals surface area contributed by atoms with Crippen molar-refractivity contribution in [2.24, 2.45) is 0 Å². The summed E-state index contributed by atoms with van der Waals surface area (Å²) in [5.74, 6) is -0.633. The second-order valence-electron chi connectivity index (χ2n) is 7.89. The maximum absolute atomic E-state index is 13.1. The number of benzene rings is 2. The molecule has 0 spiro atoms. The fourth-order valence-corrected chi connectivity index (χ4v) is 4.80. The van der Waals surface area contributed by atoms with Crippen LogP contribution in [0.3, 0.4) is 0 Å². The molecule has 0 bridgehead atoms. The molecule has 3 aliphatic rings. The van der Waals surface area contributed by atoms with Crippen LogP contribution in [0.15, 0.2) is 71.1 Å². The van der Waals surface area contributed by atoms with Crippen LogP contribution >= 0.6 is 11.6 Å². The largest absolute Gasteiger partial charge is 0.352 e.